The molecule has 1 amide bonds. The van der Waals surface area contributed by atoms with E-state index in [1.165, 1.54) is 4.90 Å². The Labute approximate surface area is 169 Å². The summed E-state index contributed by atoms with van der Waals surface area (Å²) in [7, 11) is 0. The minimum Gasteiger partial charge on any atom is -0.461 e. The van der Waals surface area contributed by atoms with Crippen LogP contribution in [0.25, 0.3) is 0 Å². The summed E-state index contributed by atoms with van der Waals surface area (Å²) in [6, 6.07) is 0. The Balaban J connectivity index is 4.42. The zero-order chi connectivity index (χ0) is 20.5. The van der Waals surface area contributed by atoms with Crippen molar-refractivity contribution >= 4 is 41.2 Å². The van der Waals surface area contributed by atoms with E-state index in [1.54, 1.807) is 0 Å². The molecule has 0 aliphatic carbocycles. The maximum Gasteiger partial charge on any atom is 0.409 e. The van der Waals surface area contributed by atoms with Gasteiger partial charge in [-0.15, -0.1) is 23.2 Å². The Morgan fingerprint density at radius 3 is 1.52 bits per heavy atom. The third-order valence-electron chi connectivity index (χ3n) is 3.24. The van der Waals surface area contributed by atoms with E-state index in [4.69, 9.17) is 37.4 Å². The summed E-state index contributed by atoms with van der Waals surface area (Å²) >= 11 is 11.3. The van der Waals surface area contributed by atoms with Gasteiger partial charge in [0, 0.05) is 56.6 Å². The van der Waals surface area contributed by atoms with Gasteiger partial charge in [-0.25, -0.2) is 14.4 Å². The lowest BCUT2D eigenvalue weighted by Gasteiger charge is -2.23. The van der Waals surface area contributed by atoms with Crippen LogP contribution in [-0.2, 0) is 23.8 Å². The van der Waals surface area contributed by atoms with Crippen molar-refractivity contribution in [3.63, 3.8) is 0 Å². The number of rotatable bonds is 15. The van der Waals surface area contributed by atoms with Gasteiger partial charge in [0.15, 0.2) is 0 Å². The SMILES string of the molecule is C=CC(=O)OCCN(CCOC(=O)C=C)CCOC(=O)N(CCCl)CCCl. The van der Waals surface area contributed by atoms with Crippen LogP contribution < -0.4 is 0 Å². The largest absolute Gasteiger partial charge is 0.461 e. The summed E-state index contributed by atoms with van der Waals surface area (Å²) < 4.78 is 15.1. The van der Waals surface area contributed by atoms with Crippen molar-refractivity contribution < 1.29 is 28.6 Å². The molecule has 0 rings (SSSR count). The second-order valence-electron chi connectivity index (χ2n) is 5.06. The first kappa shape index (κ1) is 25.2. The summed E-state index contributed by atoms with van der Waals surface area (Å²) in [5, 5.41) is 0. The molecule has 0 heterocycles. The molecule has 8 nitrogen and oxygen atoms in total. The highest BCUT2D eigenvalue weighted by Gasteiger charge is 2.15. The molecule has 0 aromatic rings. The molecule has 0 radical (unpaired) electrons. The fourth-order valence-corrected chi connectivity index (χ4v) is 2.26. The molecule has 0 aliphatic rings. The second kappa shape index (κ2) is 16.4. The lowest BCUT2D eigenvalue weighted by atomic mass is 10.4. The van der Waals surface area contributed by atoms with Crippen molar-refractivity contribution in [3.8, 4) is 0 Å². The van der Waals surface area contributed by atoms with Gasteiger partial charge in [0.25, 0.3) is 0 Å². The van der Waals surface area contributed by atoms with Crippen LogP contribution in [0.3, 0.4) is 0 Å². The number of amides is 1. The van der Waals surface area contributed by atoms with Crippen molar-refractivity contribution in [1.82, 2.24) is 9.80 Å². The molecule has 0 saturated heterocycles. The molecule has 0 atom stereocenters. The molecule has 0 unspecified atom stereocenters. The highest BCUT2D eigenvalue weighted by molar-refractivity contribution is 6.18. The normalized spacial score (nSPS) is 10.2. The van der Waals surface area contributed by atoms with Gasteiger partial charge in [-0.2, -0.15) is 0 Å². The van der Waals surface area contributed by atoms with Gasteiger partial charge in [0.05, 0.1) is 0 Å². The lowest BCUT2D eigenvalue weighted by Crippen LogP contribution is -2.38. The van der Waals surface area contributed by atoms with Gasteiger partial charge < -0.3 is 19.1 Å². The smallest absolute Gasteiger partial charge is 0.409 e. The number of hydrogen-bond acceptors (Lipinski definition) is 7. The molecule has 154 valence electrons. The van der Waals surface area contributed by atoms with Crippen LogP contribution in [0.1, 0.15) is 0 Å². The van der Waals surface area contributed by atoms with Crippen molar-refractivity contribution in [2.24, 2.45) is 0 Å². The van der Waals surface area contributed by atoms with Gasteiger partial charge in [0.2, 0.25) is 0 Å². The molecule has 0 spiro atoms. The van der Waals surface area contributed by atoms with Gasteiger partial charge in [-0.1, -0.05) is 13.2 Å². The topological polar surface area (TPSA) is 85.4 Å². The minimum atomic E-state index is -0.530. The Morgan fingerprint density at radius 2 is 1.15 bits per heavy atom. The number of carbonyl (C=O) groups excluding carboxylic acids is 3. The van der Waals surface area contributed by atoms with Crippen molar-refractivity contribution in [2.75, 3.05) is 64.3 Å². The quantitative estimate of drug-likeness (QED) is 0.171. The zero-order valence-corrected chi connectivity index (χ0v) is 16.8. The number of carbonyl (C=O) groups is 3. The van der Waals surface area contributed by atoms with Crippen molar-refractivity contribution in [2.45, 2.75) is 0 Å². The van der Waals surface area contributed by atoms with Gasteiger partial charge in [-0.3, -0.25) is 4.90 Å². The number of nitrogens with zero attached hydrogens (tertiary/aromatic N) is 2. The lowest BCUT2D eigenvalue weighted by molar-refractivity contribution is -0.138. The van der Waals surface area contributed by atoms with Gasteiger partial charge >= 0.3 is 18.0 Å². The predicted molar refractivity (Wildman–Crippen MR) is 103 cm³/mol. The summed E-state index contributed by atoms with van der Waals surface area (Å²) in [5.41, 5.74) is 0. The molecule has 0 aromatic carbocycles. The minimum absolute atomic E-state index is 0.102. The first-order valence-electron chi connectivity index (χ1n) is 8.32. The highest BCUT2D eigenvalue weighted by Crippen LogP contribution is 1.98. The van der Waals surface area contributed by atoms with E-state index in [0.717, 1.165) is 12.2 Å². The number of alkyl halides is 2. The fraction of sp³-hybridized carbons (Fsp3) is 0.588. The molecule has 0 bridgehead atoms. The van der Waals surface area contributed by atoms with Crippen LogP contribution in [0.4, 0.5) is 4.79 Å². The molecule has 0 fully saturated rings. The van der Waals surface area contributed by atoms with E-state index >= 15 is 0 Å². The fourth-order valence-electron chi connectivity index (χ4n) is 1.86. The van der Waals surface area contributed by atoms with Crippen LogP contribution in [0.2, 0.25) is 0 Å². The number of ether oxygens (including phenoxy) is 3. The molecule has 0 saturated carbocycles. The maximum atomic E-state index is 12.0. The molecule has 0 aliphatic heterocycles. The van der Waals surface area contributed by atoms with Gasteiger partial charge in [0.1, 0.15) is 19.8 Å². The average Bonchev–Trinajstić information content (AvgIpc) is 2.66. The first-order valence-corrected chi connectivity index (χ1v) is 9.39. The third kappa shape index (κ3) is 13.1. The van der Waals surface area contributed by atoms with Crippen LogP contribution in [0, 0.1) is 0 Å². The van der Waals surface area contributed by atoms with Crippen LogP contribution >= 0.6 is 23.2 Å². The van der Waals surface area contributed by atoms with E-state index in [0.29, 0.717) is 32.7 Å². The summed E-state index contributed by atoms with van der Waals surface area (Å²) in [4.78, 5) is 37.4. The number of esters is 2. The second-order valence-corrected chi connectivity index (χ2v) is 5.82. The van der Waals surface area contributed by atoms with Crippen LogP contribution in [0.15, 0.2) is 25.3 Å². The average molecular weight is 425 g/mol. The Hall–Kier alpha value is -1.77. The summed E-state index contributed by atoms with van der Waals surface area (Å²) in [5.74, 6) is -0.502. The Morgan fingerprint density at radius 1 is 0.741 bits per heavy atom. The Bertz CT molecular complexity index is 458. The zero-order valence-electron chi connectivity index (χ0n) is 15.2. The van der Waals surface area contributed by atoms with E-state index in [-0.39, 0.29) is 31.6 Å². The van der Waals surface area contributed by atoms with Crippen molar-refractivity contribution in [1.29, 1.82) is 0 Å². The van der Waals surface area contributed by atoms with E-state index in [9.17, 15) is 14.4 Å². The number of hydrogen-bond donors (Lipinski definition) is 0. The van der Waals surface area contributed by atoms with E-state index < -0.39 is 18.0 Å². The molecular formula is C17H26Cl2N2O6. The molecule has 0 aromatic heterocycles. The van der Waals surface area contributed by atoms with Crippen molar-refractivity contribution in [3.05, 3.63) is 25.3 Å². The summed E-state index contributed by atoms with van der Waals surface area (Å²) in [6.07, 6.45) is 1.63. The first-order chi connectivity index (χ1) is 13.0. The molecule has 10 heteroatoms. The van der Waals surface area contributed by atoms with E-state index in [2.05, 4.69) is 13.2 Å². The van der Waals surface area contributed by atoms with Crippen LogP contribution in [-0.4, -0.2) is 92.1 Å². The monoisotopic (exact) mass is 424 g/mol. The third-order valence-corrected chi connectivity index (χ3v) is 3.58. The maximum absolute atomic E-state index is 12.0. The number of halogens is 2. The van der Waals surface area contributed by atoms with Crippen LogP contribution in [0.5, 0.6) is 0 Å². The molecule has 27 heavy (non-hydrogen) atoms. The standard InChI is InChI=1S/C17H26Cl2N2O6/c1-3-15(22)25-12-9-20(10-13-26-16(23)4-2)11-14-27-17(24)21(7-5-18)8-6-19/h3-4H,1-2,5-14H2. The molecular weight excluding hydrogens is 399 g/mol. The summed E-state index contributed by atoms with van der Waals surface area (Å²) in [6.45, 7) is 8.76. The highest BCUT2D eigenvalue weighted by atomic mass is 35.5. The predicted octanol–water partition coefficient (Wildman–Crippen LogP) is 1.66. The van der Waals surface area contributed by atoms with Gasteiger partial charge in [-0.05, 0) is 0 Å². The Kier molecular flexibility index (Phi) is 15.3. The molecule has 0 N–H and O–H groups in total. The van der Waals surface area contributed by atoms with E-state index in [1.807, 2.05) is 4.90 Å².